The Bertz CT molecular complexity index is 592. The fourth-order valence-electron chi connectivity index (χ4n) is 2.38. The molecule has 0 radical (unpaired) electrons. The van der Waals surface area contributed by atoms with Crippen LogP contribution in [0.25, 0.3) is 10.5 Å². The van der Waals surface area contributed by atoms with Crippen molar-refractivity contribution in [1.29, 1.82) is 5.39 Å². The lowest BCUT2D eigenvalue weighted by Crippen LogP contribution is -2.27. The van der Waals surface area contributed by atoms with Crippen LogP contribution >= 0.6 is 0 Å². The van der Waals surface area contributed by atoms with Crippen molar-refractivity contribution in [2.45, 2.75) is 25.8 Å². The third-order valence-electron chi connectivity index (χ3n) is 3.35. The molecule has 0 amide bonds. The van der Waals surface area contributed by atoms with Crippen molar-refractivity contribution < 1.29 is 0 Å². The van der Waals surface area contributed by atoms with E-state index in [1.54, 1.807) is 0 Å². The molecule has 0 bridgehead atoms. The van der Waals surface area contributed by atoms with Crippen molar-refractivity contribution in [1.82, 2.24) is 0 Å². The van der Waals surface area contributed by atoms with Crippen molar-refractivity contribution in [3.8, 4) is 0 Å². The topological polar surface area (TPSA) is 80.2 Å². The molecule has 4 heteroatoms. The van der Waals surface area contributed by atoms with Crippen molar-refractivity contribution >= 4 is 11.3 Å². The molecule has 0 spiro atoms. The quantitative estimate of drug-likeness (QED) is 0.586. The zero-order valence-corrected chi connectivity index (χ0v) is 10.6. The van der Waals surface area contributed by atoms with Crippen LogP contribution in [0.15, 0.2) is 36.0 Å². The summed E-state index contributed by atoms with van der Waals surface area (Å²) in [6, 6.07) is 5.72. The number of rotatable bonds is 1. The molecular weight excluding hydrogens is 224 g/mol. The van der Waals surface area contributed by atoms with E-state index in [1.807, 2.05) is 44.2 Å². The molecule has 0 saturated carbocycles. The molecular formula is C14H17N4+. The third kappa shape index (κ3) is 1.95. The molecule has 0 fully saturated rings. The van der Waals surface area contributed by atoms with E-state index in [-0.39, 0.29) is 0 Å². The molecule has 1 aromatic rings. The van der Waals surface area contributed by atoms with E-state index in [9.17, 15) is 5.39 Å². The van der Waals surface area contributed by atoms with Gasteiger partial charge in [-0.2, -0.15) is 0 Å². The van der Waals surface area contributed by atoms with E-state index in [1.165, 1.54) is 0 Å². The van der Waals surface area contributed by atoms with Gasteiger partial charge in [0.1, 0.15) is 4.98 Å². The minimum atomic E-state index is -0.695. The molecule has 1 atom stereocenters. The standard InChI is InChI=1S/C14H16N4/c1-9-7-10(15)3-5-12(9)13-6-4-11(16)8-14(13,2)18-17/h3-7,15-17H,8H2,1-2H3/p+1. The van der Waals surface area contributed by atoms with Crippen LogP contribution in [0.1, 0.15) is 24.5 Å². The van der Waals surface area contributed by atoms with Gasteiger partial charge in [0.05, 0.1) is 12.0 Å². The number of diazo groups is 1. The average Bonchev–Trinajstić information content (AvgIpc) is 2.31. The Morgan fingerprint density at radius 2 is 2.00 bits per heavy atom. The van der Waals surface area contributed by atoms with Gasteiger partial charge >= 0.3 is 5.54 Å². The van der Waals surface area contributed by atoms with Crippen LogP contribution in [-0.4, -0.2) is 5.54 Å². The maximum absolute atomic E-state index is 9.32. The monoisotopic (exact) mass is 241 g/mol. The number of nitrogen functional groups attached to an aromatic ring is 1. The minimum Gasteiger partial charge on any atom is -0.402 e. The molecule has 4 nitrogen and oxygen atoms in total. The van der Waals surface area contributed by atoms with E-state index in [2.05, 4.69) is 4.98 Å². The second-order valence-corrected chi connectivity index (χ2v) is 4.95. The van der Waals surface area contributed by atoms with Crippen LogP contribution in [0.3, 0.4) is 0 Å². The fraction of sp³-hybridized carbons (Fsp3) is 0.286. The molecule has 4 N–H and O–H groups in total. The molecule has 1 aliphatic rings. The summed E-state index contributed by atoms with van der Waals surface area (Å²) in [5.74, 6) is 0. The van der Waals surface area contributed by atoms with Crippen LogP contribution in [0, 0.1) is 12.3 Å². The first-order valence-corrected chi connectivity index (χ1v) is 5.86. The summed E-state index contributed by atoms with van der Waals surface area (Å²) in [5.41, 5.74) is 15.4. The smallest absolute Gasteiger partial charge is 0.350 e. The number of hydrogen-bond acceptors (Lipinski definition) is 3. The highest BCUT2D eigenvalue weighted by atomic mass is 14.9. The number of hydrogen-bond donors (Lipinski definition) is 2. The molecule has 1 aromatic carbocycles. The lowest BCUT2D eigenvalue weighted by Gasteiger charge is -2.20. The molecule has 18 heavy (non-hydrogen) atoms. The molecule has 2 rings (SSSR count). The van der Waals surface area contributed by atoms with Crippen molar-refractivity contribution in [3.63, 3.8) is 0 Å². The van der Waals surface area contributed by atoms with E-state index < -0.39 is 5.54 Å². The number of anilines is 1. The zero-order chi connectivity index (χ0) is 13.3. The van der Waals surface area contributed by atoms with Crippen molar-refractivity contribution in [2.75, 3.05) is 5.73 Å². The highest BCUT2D eigenvalue weighted by Gasteiger charge is 2.45. The average molecular weight is 241 g/mol. The van der Waals surface area contributed by atoms with Gasteiger partial charge in [-0.15, -0.1) is 0 Å². The Labute approximate surface area is 107 Å². The number of aryl methyl sites for hydroxylation is 1. The molecule has 0 aromatic heterocycles. The molecule has 1 unspecified atom stereocenters. The van der Waals surface area contributed by atoms with Crippen LogP contribution in [0.5, 0.6) is 0 Å². The van der Waals surface area contributed by atoms with Crippen LogP contribution in [0.4, 0.5) is 5.69 Å². The lowest BCUT2D eigenvalue weighted by molar-refractivity contribution is 0.668. The van der Waals surface area contributed by atoms with Gasteiger partial charge in [-0.25, -0.2) is 0 Å². The summed E-state index contributed by atoms with van der Waals surface area (Å²) in [7, 11) is 0. The number of nitrogens with zero attached hydrogens (tertiary/aromatic N) is 2. The second kappa shape index (κ2) is 4.19. The van der Waals surface area contributed by atoms with E-state index in [0.29, 0.717) is 12.1 Å². The lowest BCUT2D eigenvalue weighted by atomic mass is 9.79. The minimum absolute atomic E-state index is 0.513. The van der Waals surface area contributed by atoms with Gasteiger partial charge in [0.2, 0.25) is 5.39 Å². The summed E-state index contributed by atoms with van der Waals surface area (Å²) < 4.78 is 0. The second-order valence-electron chi connectivity index (χ2n) is 4.95. The first kappa shape index (κ1) is 12.2. The van der Waals surface area contributed by atoms with Gasteiger partial charge in [-0.1, -0.05) is 6.07 Å². The highest BCUT2D eigenvalue weighted by Crippen LogP contribution is 2.39. The molecule has 0 aliphatic heterocycles. The summed E-state index contributed by atoms with van der Waals surface area (Å²) >= 11 is 0. The number of benzene rings is 1. The number of allylic oxidation sites excluding steroid dienone is 2. The van der Waals surface area contributed by atoms with E-state index in [4.69, 9.17) is 11.5 Å². The van der Waals surface area contributed by atoms with Gasteiger partial charge in [0.15, 0.2) is 0 Å². The van der Waals surface area contributed by atoms with Gasteiger partial charge in [0, 0.05) is 18.3 Å². The van der Waals surface area contributed by atoms with Gasteiger partial charge in [-0.3, -0.25) is 0 Å². The summed E-state index contributed by atoms with van der Waals surface area (Å²) in [4.78, 5) is 3.53. The predicted molar refractivity (Wildman–Crippen MR) is 73.9 cm³/mol. The van der Waals surface area contributed by atoms with Crippen LogP contribution in [-0.2, 0) is 0 Å². The summed E-state index contributed by atoms with van der Waals surface area (Å²) in [6.07, 6.45) is 4.29. The maximum Gasteiger partial charge on any atom is 0.350 e. The van der Waals surface area contributed by atoms with Crippen molar-refractivity contribution in [3.05, 3.63) is 52.2 Å². The van der Waals surface area contributed by atoms with E-state index in [0.717, 1.165) is 22.4 Å². The first-order valence-electron chi connectivity index (χ1n) is 5.86. The Morgan fingerprint density at radius 3 is 2.61 bits per heavy atom. The summed E-state index contributed by atoms with van der Waals surface area (Å²) in [5, 5.41) is 9.32. The molecule has 0 heterocycles. The third-order valence-corrected chi connectivity index (χ3v) is 3.35. The SMILES string of the molecule is Cc1cc(N)ccc1C1=CC=C(N)CC1(C)[N+]#N. The Morgan fingerprint density at radius 1 is 1.28 bits per heavy atom. The first-order chi connectivity index (χ1) is 8.46. The Hall–Kier alpha value is -2.28. The predicted octanol–water partition coefficient (Wildman–Crippen LogP) is 2.82. The zero-order valence-electron chi connectivity index (χ0n) is 10.6. The van der Waals surface area contributed by atoms with Crippen molar-refractivity contribution in [2.24, 2.45) is 5.73 Å². The van der Waals surface area contributed by atoms with E-state index >= 15 is 0 Å². The summed E-state index contributed by atoms with van der Waals surface area (Å²) in [6.45, 7) is 3.86. The Kier molecular flexibility index (Phi) is 2.84. The highest BCUT2D eigenvalue weighted by molar-refractivity contribution is 5.80. The molecule has 1 aliphatic carbocycles. The largest absolute Gasteiger partial charge is 0.402 e. The number of nitrogens with two attached hydrogens (primary N) is 2. The normalized spacial score (nSPS) is 22.9. The molecule has 0 saturated heterocycles. The van der Waals surface area contributed by atoms with Gasteiger partial charge in [0.25, 0.3) is 0 Å². The van der Waals surface area contributed by atoms with Gasteiger partial charge in [-0.05, 0) is 42.3 Å². The maximum atomic E-state index is 9.32. The molecule has 92 valence electrons. The van der Waals surface area contributed by atoms with Crippen LogP contribution < -0.4 is 11.5 Å². The van der Waals surface area contributed by atoms with Crippen LogP contribution in [0.2, 0.25) is 0 Å². The fourth-order valence-corrected chi connectivity index (χ4v) is 2.38. The Balaban J connectivity index is 2.58. The van der Waals surface area contributed by atoms with Gasteiger partial charge < -0.3 is 11.5 Å².